The Hall–Kier alpha value is -4.47. The van der Waals surface area contributed by atoms with E-state index in [9.17, 15) is 24.0 Å². The molecule has 4 aliphatic heterocycles. The highest BCUT2D eigenvalue weighted by Crippen LogP contribution is 2.60. The summed E-state index contributed by atoms with van der Waals surface area (Å²) in [5.41, 5.74) is 2.94. The molecule has 0 aromatic heterocycles. The molecule has 1 unspecified atom stereocenters. The molecule has 2 bridgehead atoms. The number of halogens is 1. The van der Waals surface area contributed by atoms with E-state index in [1.165, 1.54) is 5.56 Å². The lowest BCUT2D eigenvalue weighted by Crippen LogP contribution is -2.75. The first-order valence-electron chi connectivity index (χ1n) is 21.5. The van der Waals surface area contributed by atoms with Crippen molar-refractivity contribution in [3.8, 4) is 5.75 Å². The average Bonchev–Trinajstić information content (AvgIpc) is 3.76. The molecule has 12 nitrogen and oxygen atoms in total. The summed E-state index contributed by atoms with van der Waals surface area (Å²) in [4.78, 5) is 75.6. The first-order valence-corrected chi connectivity index (χ1v) is 21.9. The molecule has 0 spiro atoms. The van der Waals surface area contributed by atoms with Crippen LogP contribution >= 0.6 is 11.6 Å². The lowest BCUT2D eigenvalue weighted by atomic mass is 9.48. The van der Waals surface area contributed by atoms with Crippen molar-refractivity contribution in [1.82, 2.24) is 25.3 Å². The van der Waals surface area contributed by atoms with Gasteiger partial charge in [0.15, 0.2) is 0 Å². The number of likely N-dealkylation sites (tertiary alicyclic amines) is 1. The van der Waals surface area contributed by atoms with E-state index in [4.69, 9.17) is 22.9 Å². The molecule has 2 saturated heterocycles. The highest BCUT2D eigenvalue weighted by molar-refractivity contribution is 6.33. The van der Waals surface area contributed by atoms with Gasteiger partial charge in [-0.3, -0.25) is 34.2 Å². The first-order chi connectivity index (χ1) is 28.0. The van der Waals surface area contributed by atoms with Crippen molar-refractivity contribution in [3.05, 3.63) is 69.0 Å². The van der Waals surface area contributed by atoms with Crippen molar-refractivity contribution in [2.75, 3.05) is 19.6 Å². The number of hydrogen-bond donors (Lipinski definition) is 2. The van der Waals surface area contributed by atoms with Gasteiger partial charge in [-0.15, -0.1) is 0 Å². The zero-order valence-electron chi connectivity index (χ0n) is 34.6. The second kappa shape index (κ2) is 14.3. The van der Waals surface area contributed by atoms with Gasteiger partial charge in [-0.05, 0) is 98.6 Å². The Morgan fingerprint density at radius 3 is 2.15 bits per heavy atom. The number of fused-ring (bicyclic) bond motifs is 5. The average molecular weight is 823 g/mol. The van der Waals surface area contributed by atoms with Gasteiger partial charge in [0.05, 0.1) is 11.6 Å². The normalized spacial score (nSPS) is 30.9. The van der Waals surface area contributed by atoms with Gasteiger partial charge >= 0.3 is 0 Å². The predicted octanol–water partition coefficient (Wildman–Crippen LogP) is 6.54. The summed E-state index contributed by atoms with van der Waals surface area (Å²) in [5.74, 6) is 0.705. The molecule has 0 radical (unpaired) electrons. The third-order valence-corrected chi connectivity index (χ3v) is 15.9. The molecule has 4 heterocycles. The second-order valence-corrected chi connectivity index (χ2v) is 20.3. The predicted molar refractivity (Wildman–Crippen MR) is 220 cm³/mol. The lowest BCUT2D eigenvalue weighted by Gasteiger charge is -2.64. The second-order valence-electron chi connectivity index (χ2n) is 19.9. The van der Waals surface area contributed by atoms with E-state index in [-0.39, 0.29) is 64.3 Å². The third kappa shape index (κ3) is 6.62. The van der Waals surface area contributed by atoms with Crippen LogP contribution in [0, 0.1) is 34.2 Å². The summed E-state index contributed by atoms with van der Waals surface area (Å²) < 4.78 is 6.46. The Bertz CT molecular complexity index is 2150. The van der Waals surface area contributed by atoms with E-state index in [1.54, 1.807) is 23.1 Å². The van der Waals surface area contributed by atoms with Crippen molar-refractivity contribution in [2.24, 2.45) is 27.6 Å². The van der Waals surface area contributed by atoms with E-state index < -0.39 is 11.5 Å². The van der Waals surface area contributed by atoms with Gasteiger partial charge < -0.3 is 19.9 Å². The fraction of sp³-hybridized carbons (Fsp3) is 0.609. The summed E-state index contributed by atoms with van der Waals surface area (Å²) in [6, 6.07) is 8.61. The van der Waals surface area contributed by atoms with Gasteiger partial charge in [-0.25, -0.2) is 4.85 Å². The van der Waals surface area contributed by atoms with Gasteiger partial charge in [-0.2, -0.15) is 0 Å². The van der Waals surface area contributed by atoms with Gasteiger partial charge in [0.2, 0.25) is 29.3 Å². The Morgan fingerprint density at radius 1 is 0.881 bits per heavy atom. The minimum absolute atomic E-state index is 0.0890. The molecule has 1 atom stereocenters. The molecule has 312 valence electrons. The van der Waals surface area contributed by atoms with Gasteiger partial charge in [0.1, 0.15) is 17.9 Å². The van der Waals surface area contributed by atoms with Crippen LogP contribution in [0.2, 0.25) is 5.02 Å². The number of benzene rings is 2. The Balaban J connectivity index is 0.747. The summed E-state index contributed by atoms with van der Waals surface area (Å²) >= 11 is 6.30. The molecule has 10 rings (SSSR count). The van der Waals surface area contributed by atoms with Crippen molar-refractivity contribution >= 4 is 46.8 Å². The number of imide groups is 1. The van der Waals surface area contributed by atoms with Gasteiger partial charge in [0.25, 0.3) is 5.91 Å². The van der Waals surface area contributed by atoms with Crippen molar-refractivity contribution in [1.29, 1.82) is 0 Å². The van der Waals surface area contributed by atoms with E-state index >= 15 is 0 Å². The number of nitrogens with one attached hydrogen (secondary N) is 2. The van der Waals surface area contributed by atoms with Crippen LogP contribution in [0.15, 0.2) is 30.3 Å². The smallest absolute Gasteiger partial charge is 0.255 e. The molecule has 59 heavy (non-hydrogen) atoms. The fourth-order valence-corrected chi connectivity index (χ4v) is 12.6. The van der Waals surface area contributed by atoms with Crippen molar-refractivity contribution in [3.63, 3.8) is 0 Å². The molecule has 2 aromatic carbocycles. The van der Waals surface area contributed by atoms with Crippen LogP contribution in [0.3, 0.4) is 0 Å². The molecule has 13 heteroatoms. The van der Waals surface area contributed by atoms with Crippen LogP contribution in [0.5, 0.6) is 5.75 Å². The standard InChI is InChI=1S/C46H55ClN6O6/c1-43(2)39(44(3,4)40(43)59-31-6-7-34(48-5)33(47)22-31)50-41(57)45-12-15-46(16-13-45,17-14-45)42(58)52-18-10-27(11-19-52)23-51-24-28-20-30-26-53(35-8-9-36(54)49-37(35)55)38(56)32(30)21-29(28)25-51/h6-7,20-22,27,35,39-40H,8-19,23-26H2,1-4H3,(H,50,57)(H,49,54,55). The highest BCUT2D eigenvalue weighted by atomic mass is 35.5. The Morgan fingerprint density at radius 2 is 1.53 bits per heavy atom. The number of amides is 5. The first kappa shape index (κ1) is 40.0. The van der Waals surface area contributed by atoms with Crippen LogP contribution in [0.4, 0.5) is 5.69 Å². The molecule has 6 fully saturated rings. The van der Waals surface area contributed by atoms with Gasteiger partial charge in [0, 0.05) is 79.0 Å². The number of piperidine rings is 2. The molecule has 4 aliphatic carbocycles. The van der Waals surface area contributed by atoms with Crippen molar-refractivity contribution in [2.45, 2.75) is 130 Å². The lowest BCUT2D eigenvalue weighted by molar-refractivity contribution is -0.181. The largest absolute Gasteiger partial charge is 0.489 e. The maximum Gasteiger partial charge on any atom is 0.255 e. The SMILES string of the molecule is [C-]#[N+]c1ccc(OC2C(C)(C)C(NC(=O)C34CCC(C(=O)N5CCC(CN6Cc7cc8c(cc7C6)C(=O)N(C6CCC(=O)NC6=O)C8)CC5)(CC3)CC4)C2(C)C)cc1Cl. The maximum atomic E-state index is 14.2. The van der Waals surface area contributed by atoms with Crippen molar-refractivity contribution < 1.29 is 28.7 Å². The van der Waals surface area contributed by atoms with Crippen LogP contribution in [0.1, 0.15) is 119 Å². The Labute approximate surface area is 351 Å². The monoisotopic (exact) mass is 822 g/mol. The number of hydrogen-bond acceptors (Lipinski definition) is 7. The summed E-state index contributed by atoms with van der Waals surface area (Å²) in [7, 11) is 0. The van der Waals surface area contributed by atoms with Crippen LogP contribution < -0.4 is 15.4 Å². The van der Waals surface area contributed by atoms with Gasteiger partial charge in [-0.1, -0.05) is 51.4 Å². The number of rotatable bonds is 8. The quantitative estimate of drug-likeness (QED) is 0.228. The third-order valence-electron chi connectivity index (χ3n) is 15.6. The fourth-order valence-electron chi connectivity index (χ4n) is 12.4. The highest BCUT2D eigenvalue weighted by Gasteiger charge is 2.65. The van der Waals surface area contributed by atoms with E-state index in [0.29, 0.717) is 40.9 Å². The molecular weight excluding hydrogens is 768 g/mol. The van der Waals surface area contributed by atoms with Crippen LogP contribution in [0.25, 0.3) is 4.85 Å². The molecule has 2 N–H and O–H groups in total. The zero-order valence-corrected chi connectivity index (χ0v) is 35.4. The number of ether oxygens (including phenoxy) is 1. The molecule has 4 saturated carbocycles. The minimum Gasteiger partial charge on any atom is -0.489 e. The topological polar surface area (TPSA) is 133 Å². The van der Waals surface area contributed by atoms with Crippen LogP contribution in [-0.2, 0) is 38.8 Å². The molecule has 2 aromatic rings. The minimum atomic E-state index is -0.605. The van der Waals surface area contributed by atoms with E-state index in [2.05, 4.69) is 59.0 Å². The maximum absolute atomic E-state index is 14.2. The summed E-state index contributed by atoms with van der Waals surface area (Å²) in [6.45, 7) is 20.3. The van der Waals surface area contributed by atoms with E-state index in [1.807, 2.05) is 6.07 Å². The molecule has 8 aliphatic rings. The number of carbonyl (C=O) groups excluding carboxylic acids is 5. The number of nitrogens with zero attached hydrogens (tertiary/aromatic N) is 4. The van der Waals surface area contributed by atoms with Crippen LogP contribution in [-0.4, -0.2) is 82.1 Å². The zero-order chi connectivity index (χ0) is 41.6. The molecule has 5 amide bonds. The molecular formula is C46H55ClN6O6. The Kier molecular flexibility index (Phi) is 9.71. The summed E-state index contributed by atoms with van der Waals surface area (Å²) in [5, 5.41) is 6.22. The summed E-state index contributed by atoms with van der Waals surface area (Å²) in [6.07, 6.45) is 6.85. The number of carbonyl (C=O) groups is 5. The van der Waals surface area contributed by atoms with E-state index in [0.717, 1.165) is 95.2 Å².